The van der Waals surface area contributed by atoms with Crippen molar-refractivity contribution in [2.24, 2.45) is 0 Å². The molecule has 1 atom stereocenters. The van der Waals surface area contributed by atoms with Gasteiger partial charge in [0.1, 0.15) is 0 Å². The summed E-state index contributed by atoms with van der Waals surface area (Å²) in [7, 11) is 0. The molecule has 2 heterocycles. The van der Waals surface area contributed by atoms with Crippen LogP contribution in [0.25, 0.3) is 10.2 Å². The second-order valence-electron chi connectivity index (χ2n) is 5.53. The van der Waals surface area contributed by atoms with E-state index in [1.807, 2.05) is 0 Å². The van der Waals surface area contributed by atoms with Gasteiger partial charge in [0.15, 0.2) is 0 Å². The first kappa shape index (κ1) is 15.2. The Kier molecular flexibility index (Phi) is 4.84. The summed E-state index contributed by atoms with van der Waals surface area (Å²) < 4.78 is 6.60. The normalized spacial score (nSPS) is 18.5. The largest absolute Gasteiger partial charge is 0.470 e. The Morgan fingerprint density at radius 3 is 3.14 bits per heavy atom. The van der Waals surface area contributed by atoms with Crippen molar-refractivity contribution in [1.29, 1.82) is 0 Å². The van der Waals surface area contributed by atoms with Gasteiger partial charge in [-0.15, -0.1) is 0 Å². The fraction of sp³-hybridized carbons (Fsp3) is 0.533. The molecule has 1 aromatic heterocycles. The quantitative estimate of drug-likeness (QED) is 0.500. The average Bonchev–Trinajstić information content (AvgIpc) is 2.94. The van der Waals surface area contributed by atoms with Gasteiger partial charge in [-0.2, -0.15) is 0 Å². The lowest BCUT2D eigenvalue weighted by Gasteiger charge is -2.23. The number of piperidine rings is 1. The summed E-state index contributed by atoms with van der Waals surface area (Å²) in [6, 6.07) is 5.34. The van der Waals surface area contributed by atoms with Gasteiger partial charge in [-0.1, -0.05) is 17.8 Å². The Balaban J connectivity index is 1.52. The topological polar surface area (TPSA) is 77.3 Å². The number of hydrogen-bond acceptors (Lipinski definition) is 6. The minimum atomic E-state index is -0.406. The van der Waals surface area contributed by atoms with Crippen LogP contribution in [0.15, 0.2) is 18.2 Å². The Hall–Kier alpha value is -1.73. The fourth-order valence-corrected chi connectivity index (χ4v) is 3.55. The van der Waals surface area contributed by atoms with Crippen LogP contribution in [0.2, 0.25) is 0 Å². The van der Waals surface area contributed by atoms with Gasteiger partial charge < -0.3 is 10.1 Å². The van der Waals surface area contributed by atoms with Crippen molar-refractivity contribution in [3.63, 3.8) is 0 Å². The van der Waals surface area contributed by atoms with E-state index in [9.17, 15) is 10.1 Å². The van der Waals surface area contributed by atoms with E-state index in [2.05, 4.69) is 10.3 Å². The number of ether oxygens (including phenoxy) is 1. The lowest BCUT2D eigenvalue weighted by atomic mass is 10.0. The Morgan fingerprint density at radius 2 is 2.36 bits per heavy atom. The van der Waals surface area contributed by atoms with E-state index < -0.39 is 4.92 Å². The highest BCUT2D eigenvalue weighted by Crippen LogP contribution is 2.30. The van der Waals surface area contributed by atoms with Crippen LogP contribution < -0.4 is 10.1 Å². The molecule has 3 rings (SSSR count). The van der Waals surface area contributed by atoms with E-state index in [0.29, 0.717) is 23.4 Å². The van der Waals surface area contributed by atoms with Gasteiger partial charge in [-0.05, 0) is 38.3 Å². The van der Waals surface area contributed by atoms with Gasteiger partial charge in [-0.3, -0.25) is 10.1 Å². The zero-order chi connectivity index (χ0) is 15.4. The molecule has 0 bridgehead atoms. The highest BCUT2D eigenvalue weighted by molar-refractivity contribution is 7.20. The molecule has 1 fully saturated rings. The SMILES string of the molecule is O=[N+]([O-])c1ccc2sc(OCCC[C@@H]3CCCCN3)nc2c1. The Morgan fingerprint density at radius 1 is 1.45 bits per heavy atom. The zero-order valence-corrected chi connectivity index (χ0v) is 13.1. The zero-order valence-electron chi connectivity index (χ0n) is 12.3. The number of nitrogens with zero attached hydrogens (tertiary/aromatic N) is 2. The average molecular weight is 321 g/mol. The van der Waals surface area contributed by atoms with E-state index in [4.69, 9.17) is 4.74 Å². The first-order chi connectivity index (χ1) is 10.7. The smallest absolute Gasteiger partial charge is 0.274 e. The first-order valence-corrected chi connectivity index (χ1v) is 8.45. The van der Waals surface area contributed by atoms with Crippen LogP contribution in [-0.4, -0.2) is 29.1 Å². The minimum Gasteiger partial charge on any atom is -0.470 e. The lowest BCUT2D eigenvalue weighted by Crippen LogP contribution is -2.34. The van der Waals surface area contributed by atoms with Crippen LogP contribution in [0.5, 0.6) is 5.19 Å². The highest BCUT2D eigenvalue weighted by atomic mass is 32.1. The molecule has 7 heteroatoms. The van der Waals surface area contributed by atoms with E-state index >= 15 is 0 Å². The molecule has 0 amide bonds. The summed E-state index contributed by atoms with van der Waals surface area (Å²) in [5.41, 5.74) is 0.691. The summed E-state index contributed by atoms with van der Waals surface area (Å²) in [5, 5.41) is 14.9. The molecule has 118 valence electrons. The first-order valence-electron chi connectivity index (χ1n) is 7.63. The molecule has 2 aromatic rings. The molecular formula is C15H19N3O3S. The van der Waals surface area contributed by atoms with Crippen LogP contribution >= 0.6 is 11.3 Å². The van der Waals surface area contributed by atoms with Crippen LogP contribution in [0.4, 0.5) is 5.69 Å². The number of thiazole rings is 1. The summed E-state index contributed by atoms with van der Waals surface area (Å²) in [4.78, 5) is 14.7. The van der Waals surface area contributed by atoms with Crippen LogP contribution in [0, 0.1) is 10.1 Å². The van der Waals surface area contributed by atoms with Gasteiger partial charge in [0, 0.05) is 18.2 Å². The molecule has 0 unspecified atom stereocenters. The number of fused-ring (bicyclic) bond motifs is 1. The van der Waals surface area contributed by atoms with E-state index in [1.54, 1.807) is 6.07 Å². The molecule has 0 radical (unpaired) electrons. The third-order valence-corrected chi connectivity index (χ3v) is 4.85. The predicted octanol–water partition coefficient (Wildman–Crippen LogP) is 3.51. The summed E-state index contributed by atoms with van der Waals surface area (Å²) >= 11 is 1.43. The highest BCUT2D eigenvalue weighted by Gasteiger charge is 2.13. The van der Waals surface area contributed by atoms with Gasteiger partial charge in [-0.25, -0.2) is 4.98 Å². The maximum absolute atomic E-state index is 10.8. The molecule has 0 spiro atoms. The van der Waals surface area contributed by atoms with Crippen LogP contribution in [-0.2, 0) is 0 Å². The fourth-order valence-electron chi connectivity index (χ4n) is 2.73. The molecule has 1 aromatic carbocycles. The molecule has 1 N–H and O–H groups in total. The Labute approximate surface area is 132 Å². The molecule has 0 aliphatic carbocycles. The molecule has 1 aliphatic heterocycles. The number of nitro benzene ring substituents is 1. The number of non-ortho nitro benzene ring substituents is 1. The van der Waals surface area contributed by atoms with Crippen molar-refractivity contribution in [3.05, 3.63) is 28.3 Å². The van der Waals surface area contributed by atoms with Crippen molar-refractivity contribution in [1.82, 2.24) is 10.3 Å². The molecule has 22 heavy (non-hydrogen) atoms. The summed E-state index contributed by atoms with van der Waals surface area (Å²) in [5.74, 6) is 0. The number of benzene rings is 1. The monoisotopic (exact) mass is 321 g/mol. The standard InChI is InChI=1S/C15H19N3O3S/c19-18(20)12-6-7-14-13(10-12)17-15(22-14)21-9-3-5-11-4-1-2-8-16-11/h6-7,10-11,16H,1-5,8-9H2/t11-/m0/s1. The minimum absolute atomic E-state index is 0.0627. The molecule has 0 saturated carbocycles. The number of aromatic nitrogens is 1. The maximum atomic E-state index is 10.8. The number of rotatable bonds is 6. The van der Waals surface area contributed by atoms with Gasteiger partial charge in [0.2, 0.25) is 0 Å². The van der Waals surface area contributed by atoms with E-state index in [-0.39, 0.29) is 5.69 Å². The molecule has 6 nitrogen and oxygen atoms in total. The second kappa shape index (κ2) is 7.02. The van der Waals surface area contributed by atoms with E-state index in [1.165, 1.54) is 42.7 Å². The molecule has 1 aliphatic rings. The van der Waals surface area contributed by atoms with Crippen molar-refractivity contribution in [2.75, 3.05) is 13.2 Å². The van der Waals surface area contributed by atoms with Gasteiger partial charge >= 0.3 is 0 Å². The van der Waals surface area contributed by atoms with Crippen molar-refractivity contribution >= 4 is 27.2 Å². The van der Waals surface area contributed by atoms with Crippen molar-refractivity contribution in [3.8, 4) is 5.19 Å². The number of hydrogen-bond donors (Lipinski definition) is 1. The number of nitrogens with one attached hydrogen (secondary N) is 1. The third kappa shape index (κ3) is 3.72. The van der Waals surface area contributed by atoms with Gasteiger partial charge in [0.05, 0.1) is 21.7 Å². The second-order valence-corrected chi connectivity index (χ2v) is 6.52. The van der Waals surface area contributed by atoms with E-state index in [0.717, 1.165) is 24.1 Å². The van der Waals surface area contributed by atoms with Crippen LogP contribution in [0.3, 0.4) is 0 Å². The predicted molar refractivity (Wildman–Crippen MR) is 86.6 cm³/mol. The van der Waals surface area contributed by atoms with Crippen molar-refractivity contribution in [2.45, 2.75) is 38.1 Å². The molecule has 1 saturated heterocycles. The number of nitro groups is 1. The molecular weight excluding hydrogens is 302 g/mol. The third-order valence-electron chi connectivity index (χ3n) is 3.90. The summed E-state index contributed by atoms with van der Waals surface area (Å²) in [6.07, 6.45) is 5.97. The van der Waals surface area contributed by atoms with Crippen LogP contribution in [0.1, 0.15) is 32.1 Å². The van der Waals surface area contributed by atoms with Gasteiger partial charge in [0.25, 0.3) is 10.9 Å². The van der Waals surface area contributed by atoms with Crippen molar-refractivity contribution < 1.29 is 9.66 Å². The Bertz CT molecular complexity index is 653. The lowest BCUT2D eigenvalue weighted by molar-refractivity contribution is -0.384. The maximum Gasteiger partial charge on any atom is 0.274 e. The summed E-state index contributed by atoms with van der Waals surface area (Å²) in [6.45, 7) is 1.77.